The van der Waals surface area contributed by atoms with Crippen LogP contribution in [0.2, 0.25) is 0 Å². The van der Waals surface area contributed by atoms with Crippen LogP contribution in [0.3, 0.4) is 0 Å². The van der Waals surface area contributed by atoms with Crippen molar-refractivity contribution in [1.82, 2.24) is 20.2 Å². The molecule has 0 bridgehead atoms. The van der Waals surface area contributed by atoms with Gasteiger partial charge in [0.2, 0.25) is 17.3 Å². The Hall–Kier alpha value is -3.45. The summed E-state index contributed by atoms with van der Waals surface area (Å²) in [5.74, 6) is 1.21. The maximum Gasteiger partial charge on any atom is 0.247 e. The van der Waals surface area contributed by atoms with Crippen molar-refractivity contribution >= 4 is 17.4 Å². The number of ether oxygens (including phenoxy) is 1. The molecule has 0 fully saturated rings. The van der Waals surface area contributed by atoms with Gasteiger partial charge in [-0.2, -0.15) is 4.98 Å². The molecule has 6 nitrogen and oxygen atoms in total. The van der Waals surface area contributed by atoms with Crippen molar-refractivity contribution in [1.29, 1.82) is 0 Å². The molecule has 7 heteroatoms. The van der Waals surface area contributed by atoms with Crippen molar-refractivity contribution in [2.75, 3.05) is 5.32 Å². The minimum atomic E-state index is -0.472. The maximum absolute atomic E-state index is 6.23. The number of anilines is 1. The van der Waals surface area contributed by atoms with Gasteiger partial charge in [0.1, 0.15) is 5.69 Å². The maximum atomic E-state index is 6.23. The summed E-state index contributed by atoms with van der Waals surface area (Å²) in [4.78, 5) is 9.12. The summed E-state index contributed by atoms with van der Waals surface area (Å²) < 4.78 is 6.23. The highest BCUT2D eigenvalue weighted by Gasteiger charge is 2.26. The van der Waals surface area contributed by atoms with E-state index < -0.39 is 6.23 Å². The molecule has 30 heavy (non-hydrogen) atoms. The molecule has 0 saturated heterocycles. The van der Waals surface area contributed by atoms with Crippen molar-refractivity contribution in [3.8, 4) is 17.1 Å². The Morgan fingerprint density at radius 1 is 0.967 bits per heavy atom. The zero-order chi connectivity index (χ0) is 20.3. The number of pyridine rings is 1. The highest BCUT2D eigenvalue weighted by atomic mass is 32.2. The predicted octanol–water partition coefficient (Wildman–Crippen LogP) is 5.04. The standard InChI is InChI=1S/C23H19N5OS/c1-15-9-11-16(12-10-15)14-30-23-26-22-20(27-28-23)17-6-2-3-7-18(17)25-21(29-22)19-8-4-5-13-24-19/h2-13,21,25H,14H2,1H3. The van der Waals surface area contributed by atoms with Gasteiger partial charge in [0.25, 0.3) is 0 Å². The summed E-state index contributed by atoms with van der Waals surface area (Å²) in [6.07, 6.45) is 1.28. The van der Waals surface area contributed by atoms with E-state index in [1.165, 1.54) is 22.9 Å². The van der Waals surface area contributed by atoms with E-state index in [1.807, 2.05) is 42.5 Å². The highest BCUT2D eigenvalue weighted by molar-refractivity contribution is 7.98. The second kappa shape index (κ2) is 8.12. The Kier molecular flexibility index (Phi) is 5.03. The fourth-order valence-electron chi connectivity index (χ4n) is 3.21. The van der Waals surface area contributed by atoms with Gasteiger partial charge < -0.3 is 10.1 Å². The number of para-hydroxylation sites is 1. The Morgan fingerprint density at radius 2 is 1.80 bits per heavy atom. The zero-order valence-electron chi connectivity index (χ0n) is 16.3. The molecule has 5 rings (SSSR count). The first-order valence-electron chi connectivity index (χ1n) is 9.63. The third-order valence-corrected chi connectivity index (χ3v) is 5.69. The fraction of sp³-hybridized carbons (Fsp3) is 0.130. The quantitative estimate of drug-likeness (QED) is 0.470. The van der Waals surface area contributed by atoms with E-state index in [9.17, 15) is 0 Å². The summed E-state index contributed by atoms with van der Waals surface area (Å²) in [5, 5.41) is 12.8. The van der Waals surface area contributed by atoms with Crippen LogP contribution in [0.5, 0.6) is 5.88 Å². The number of aromatic nitrogens is 4. The Labute approximate surface area is 178 Å². The number of aryl methyl sites for hydroxylation is 1. The molecule has 0 aliphatic carbocycles. The van der Waals surface area contributed by atoms with E-state index in [-0.39, 0.29) is 0 Å². The zero-order valence-corrected chi connectivity index (χ0v) is 17.1. The second-order valence-electron chi connectivity index (χ2n) is 6.96. The molecule has 1 unspecified atom stereocenters. The summed E-state index contributed by atoms with van der Waals surface area (Å²) in [5.41, 5.74) is 5.66. The molecule has 1 aliphatic rings. The second-order valence-corrected chi connectivity index (χ2v) is 7.91. The van der Waals surface area contributed by atoms with Crippen molar-refractivity contribution in [3.63, 3.8) is 0 Å². The molecule has 148 valence electrons. The normalized spacial score (nSPS) is 14.6. The Bertz CT molecular complexity index is 1170. The average Bonchev–Trinajstić information content (AvgIpc) is 2.96. The first kappa shape index (κ1) is 18.6. The van der Waals surface area contributed by atoms with Crippen molar-refractivity contribution in [2.45, 2.75) is 24.1 Å². The average molecular weight is 414 g/mol. The molecular formula is C23H19N5OS. The lowest BCUT2D eigenvalue weighted by Gasteiger charge is -2.18. The number of hydrogen-bond acceptors (Lipinski definition) is 7. The lowest BCUT2D eigenvalue weighted by atomic mass is 10.1. The van der Waals surface area contributed by atoms with Crippen LogP contribution in [0.4, 0.5) is 5.69 Å². The summed E-state index contributed by atoms with van der Waals surface area (Å²) in [7, 11) is 0. The minimum Gasteiger partial charge on any atom is -0.446 e. The first-order valence-corrected chi connectivity index (χ1v) is 10.6. The van der Waals surface area contributed by atoms with Crippen LogP contribution < -0.4 is 10.1 Å². The van der Waals surface area contributed by atoms with Crippen LogP contribution in [0.25, 0.3) is 11.3 Å². The number of thioether (sulfide) groups is 1. The molecule has 0 radical (unpaired) electrons. The lowest BCUT2D eigenvalue weighted by molar-refractivity contribution is 0.220. The largest absolute Gasteiger partial charge is 0.446 e. The van der Waals surface area contributed by atoms with Gasteiger partial charge in [-0.3, -0.25) is 4.98 Å². The molecule has 4 aromatic rings. The van der Waals surface area contributed by atoms with Gasteiger partial charge in [-0.05, 0) is 30.7 Å². The SMILES string of the molecule is Cc1ccc(CSc2nnc3c(n2)OC(c2ccccn2)Nc2ccccc2-3)cc1. The van der Waals surface area contributed by atoms with Crippen LogP contribution in [-0.2, 0) is 5.75 Å². The third kappa shape index (κ3) is 3.84. The summed E-state index contributed by atoms with van der Waals surface area (Å²) in [6, 6.07) is 22.1. The molecular weight excluding hydrogens is 394 g/mol. The Balaban J connectivity index is 1.48. The number of hydrogen-bond donors (Lipinski definition) is 1. The van der Waals surface area contributed by atoms with Crippen molar-refractivity contribution in [2.24, 2.45) is 0 Å². The van der Waals surface area contributed by atoms with Crippen LogP contribution in [0, 0.1) is 6.92 Å². The number of fused-ring (bicyclic) bond motifs is 3. The fourth-order valence-corrected chi connectivity index (χ4v) is 3.94. The van der Waals surface area contributed by atoms with E-state index in [1.54, 1.807) is 6.20 Å². The van der Waals surface area contributed by atoms with E-state index in [2.05, 4.69) is 56.7 Å². The topological polar surface area (TPSA) is 72.8 Å². The monoisotopic (exact) mass is 413 g/mol. The van der Waals surface area contributed by atoms with E-state index in [0.29, 0.717) is 16.7 Å². The molecule has 0 spiro atoms. The first-order chi connectivity index (χ1) is 14.8. The van der Waals surface area contributed by atoms with E-state index in [4.69, 9.17) is 4.74 Å². The molecule has 1 aliphatic heterocycles. The van der Waals surface area contributed by atoms with Crippen LogP contribution in [-0.4, -0.2) is 20.2 Å². The van der Waals surface area contributed by atoms with Gasteiger partial charge in [-0.15, -0.1) is 10.2 Å². The number of rotatable bonds is 4. The van der Waals surface area contributed by atoms with Crippen molar-refractivity contribution < 1.29 is 4.74 Å². The smallest absolute Gasteiger partial charge is 0.247 e. The minimum absolute atomic E-state index is 0.449. The van der Waals surface area contributed by atoms with Gasteiger partial charge in [0.15, 0.2) is 5.69 Å². The van der Waals surface area contributed by atoms with Gasteiger partial charge in [0.05, 0.1) is 0 Å². The van der Waals surface area contributed by atoms with Gasteiger partial charge in [0, 0.05) is 23.2 Å². The predicted molar refractivity (Wildman–Crippen MR) is 117 cm³/mol. The Morgan fingerprint density at radius 3 is 2.63 bits per heavy atom. The van der Waals surface area contributed by atoms with Crippen LogP contribution in [0.1, 0.15) is 23.0 Å². The molecule has 0 saturated carbocycles. The summed E-state index contributed by atoms with van der Waals surface area (Å²) in [6.45, 7) is 2.08. The summed E-state index contributed by atoms with van der Waals surface area (Å²) >= 11 is 1.54. The number of nitrogens with zero attached hydrogens (tertiary/aromatic N) is 4. The third-order valence-electron chi connectivity index (χ3n) is 4.78. The molecule has 1 atom stereocenters. The highest BCUT2D eigenvalue weighted by Crippen LogP contribution is 2.39. The molecule has 3 heterocycles. The lowest BCUT2D eigenvalue weighted by Crippen LogP contribution is -2.18. The number of nitrogens with one attached hydrogen (secondary N) is 1. The van der Waals surface area contributed by atoms with Crippen molar-refractivity contribution in [3.05, 3.63) is 89.7 Å². The van der Waals surface area contributed by atoms with Crippen LogP contribution >= 0.6 is 11.8 Å². The van der Waals surface area contributed by atoms with Gasteiger partial charge in [-0.1, -0.05) is 65.9 Å². The van der Waals surface area contributed by atoms with E-state index in [0.717, 1.165) is 22.7 Å². The van der Waals surface area contributed by atoms with Gasteiger partial charge >= 0.3 is 0 Å². The molecule has 1 N–H and O–H groups in total. The van der Waals surface area contributed by atoms with Crippen LogP contribution in [0.15, 0.2) is 78.1 Å². The molecule has 2 aromatic heterocycles. The van der Waals surface area contributed by atoms with E-state index >= 15 is 0 Å². The molecule has 0 amide bonds. The molecule has 2 aromatic carbocycles. The number of benzene rings is 2. The van der Waals surface area contributed by atoms with Gasteiger partial charge in [-0.25, -0.2) is 0 Å².